The van der Waals surface area contributed by atoms with Gasteiger partial charge in [-0.3, -0.25) is 0 Å². The Morgan fingerprint density at radius 3 is 2.04 bits per heavy atom. The Morgan fingerprint density at radius 2 is 1.43 bits per heavy atom. The Balaban J connectivity index is 1.37. The second-order valence-electron chi connectivity index (χ2n) is 7.29. The van der Waals surface area contributed by atoms with Gasteiger partial charge < -0.3 is 9.47 Å². The molecule has 0 spiro atoms. The fourth-order valence-electron chi connectivity index (χ4n) is 3.92. The SMILES string of the molecule is CCC1CCC(CCC2COC(c3ccc(F)cc3)OC2)CC1. The average molecular weight is 320 g/mol. The maximum atomic E-state index is 13.0. The second kappa shape index (κ2) is 8.25. The number of rotatable bonds is 5. The van der Waals surface area contributed by atoms with Gasteiger partial charge in [0.15, 0.2) is 6.29 Å². The molecule has 23 heavy (non-hydrogen) atoms. The van der Waals surface area contributed by atoms with Crippen LogP contribution in [0.15, 0.2) is 24.3 Å². The fraction of sp³-hybridized carbons (Fsp3) is 0.700. The first-order valence-corrected chi connectivity index (χ1v) is 9.23. The second-order valence-corrected chi connectivity index (χ2v) is 7.29. The third-order valence-electron chi connectivity index (χ3n) is 5.64. The predicted molar refractivity (Wildman–Crippen MR) is 89.5 cm³/mol. The van der Waals surface area contributed by atoms with E-state index in [-0.39, 0.29) is 12.1 Å². The molecule has 1 aliphatic heterocycles. The topological polar surface area (TPSA) is 18.5 Å². The van der Waals surface area contributed by atoms with Gasteiger partial charge in [-0.25, -0.2) is 4.39 Å². The Bertz CT molecular complexity index is 457. The molecule has 1 saturated carbocycles. The molecule has 0 bridgehead atoms. The van der Waals surface area contributed by atoms with Crippen LogP contribution in [0.1, 0.15) is 63.7 Å². The van der Waals surface area contributed by atoms with E-state index < -0.39 is 0 Å². The minimum Gasteiger partial charge on any atom is -0.348 e. The summed E-state index contributed by atoms with van der Waals surface area (Å²) in [6, 6.07) is 6.40. The number of halogens is 1. The lowest BCUT2D eigenvalue weighted by Gasteiger charge is -2.32. The molecule has 0 amide bonds. The van der Waals surface area contributed by atoms with Gasteiger partial charge in [0.2, 0.25) is 0 Å². The Kier molecular flexibility index (Phi) is 6.07. The van der Waals surface area contributed by atoms with Crippen LogP contribution in [0, 0.1) is 23.6 Å². The van der Waals surface area contributed by atoms with Gasteiger partial charge in [0.1, 0.15) is 5.82 Å². The van der Waals surface area contributed by atoms with Crippen molar-refractivity contribution in [3.63, 3.8) is 0 Å². The van der Waals surface area contributed by atoms with E-state index in [4.69, 9.17) is 9.47 Å². The van der Waals surface area contributed by atoms with Crippen LogP contribution in [-0.2, 0) is 9.47 Å². The smallest absolute Gasteiger partial charge is 0.183 e. The van der Waals surface area contributed by atoms with Crippen molar-refractivity contribution in [1.29, 1.82) is 0 Å². The highest BCUT2D eigenvalue weighted by atomic mass is 19.1. The average Bonchev–Trinajstić information content (AvgIpc) is 2.61. The molecule has 1 saturated heterocycles. The predicted octanol–water partition coefficient (Wildman–Crippen LogP) is 5.48. The van der Waals surface area contributed by atoms with Gasteiger partial charge in [-0.2, -0.15) is 0 Å². The highest BCUT2D eigenvalue weighted by Gasteiger charge is 2.25. The molecule has 1 aliphatic carbocycles. The summed E-state index contributed by atoms with van der Waals surface area (Å²) in [5.74, 6) is 2.17. The summed E-state index contributed by atoms with van der Waals surface area (Å²) in [7, 11) is 0. The molecule has 0 radical (unpaired) electrons. The molecule has 0 atom stereocenters. The number of hydrogen-bond acceptors (Lipinski definition) is 2. The van der Waals surface area contributed by atoms with Crippen LogP contribution >= 0.6 is 0 Å². The van der Waals surface area contributed by atoms with E-state index in [0.717, 1.165) is 30.6 Å². The van der Waals surface area contributed by atoms with Crippen molar-refractivity contribution in [2.75, 3.05) is 13.2 Å². The first-order chi connectivity index (χ1) is 11.2. The lowest BCUT2D eigenvalue weighted by Crippen LogP contribution is -2.27. The molecule has 1 aromatic rings. The summed E-state index contributed by atoms with van der Waals surface area (Å²) in [6.45, 7) is 3.83. The van der Waals surface area contributed by atoms with Gasteiger partial charge in [0.05, 0.1) is 13.2 Å². The monoisotopic (exact) mass is 320 g/mol. The van der Waals surface area contributed by atoms with Gasteiger partial charge >= 0.3 is 0 Å². The zero-order valence-corrected chi connectivity index (χ0v) is 14.2. The normalized spacial score (nSPS) is 31.9. The summed E-state index contributed by atoms with van der Waals surface area (Å²) in [4.78, 5) is 0. The summed E-state index contributed by atoms with van der Waals surface area (Å²) >= 11 is 0. The zero-order chi connectivity index (χ0) is 16.1. The maximum Gasteiger partial charge on any atom is 0.183 e. The van der Waals surface area contributed by atoms with Gasteiger partial charge in [-0.1, -0.05) is 57.6 Å². The van der Waals surface area contributed by atoms with Gasteiger partial charge in [-0.05, 0) is 30.4 Å². The Hall–Kier alpha value is -0.930. The van der Waals surface area contributed by atoms with Crippen molar-refractivity contribution < 1.29 is 13.9 Å². The summed E-state index contributed by atoms with van der Waals surface area (Å²) in [6.07, 6.45) is 9.20. The van der Waals surface area contributed by atoms with E-state index in [2.05, 4.69) is 6.92 Å². The Morgan fingerprint density at radius 1 is 0.870 bits per heavy atom. The van der Waals surface area contributed by atoms with Crippen molar-refractivity contribution in [2.24, 2.45) is 17.8 Å². The van der Waals surface area contributed by atoms with E-state index in [9.17, 15) is 4.39 Å². The molecule has 2 nitrogen and oxygen atoms in total. The van der Waals surface area contributed by atoms with E-state index >= 15 is 0 Å². The van der Waals surface area contributed by atoms with Crippen LogP contribution in [0.2, 0.25) is 0 Å². The van der Waals surface area contributed by atoms with Crippen LogP contribution in [0.4, 0.5) is 4.39 Å². The highest BCUT2D eigenvalue weighted by Crippen LogP contribution is 2.35. The van der Waals surface area contributed by atoms with Crippen molar-refractivity contribution in [2.45, 2.75) is 58.2 Å². The van der Waals surface area contributed by atoms with Crippen molar-refractivity contribution in [3.8, 4) is 0 Å². The van der Waals surface area contributed by atoms with E-state index in [1.165, 1.54) is 57.1 Å². The largest absolute Gasteiger partial charge is 0.348 e. The van der Waals surface area contributed by atoms with Crippen molar-refractivity contribution in [1.82, 2.24) is 0 Å². The molecule has 3 rings (SSSR count). The van der Waals surface area contributed by atoms with Gasteiger partial charge in [0.25, 0.3) is 0 Å². The molecule has 2 aliphatic rings. The summed E-state index contributed by atoms with van der Waals surface area (Å²) in [5.41, 5.74) is 0.905. The summed E-state index contributed by atoms with van der Waals surface area (Å²) in [5, 5.41) is 0. The van der Waals surface area contributed by atoms with Crippen LogP contribution in [0.5, 0.6) is 0 Å². The van der Waals surface area contributed by atoms with Crippen LogP contribution in [0.3, 0.4) is 0 Å². The third kappa shape index (κ3) is 4.77. The minimum absolute atomic E-state index is 0.222. The van der Waals surface area contributed by atoms with E-state index in [0.29, 0.717) is 5.92 Å². The Labute approximate surface area is 139 Å². The standard InChI is InChI=1S/C20H29FO2/c1-2-15-3-5-16(6-4-15)7-8-17-13-22-20(23-14-17)18-9-11-19(21)12-10-18/h9-12,15-17,20H,2-8,13-14H2,1H3. The third-order valence-corrected chi connectivity index (χ3v) is 5.64. The van der Waals surface area contributed by atoms with Crippen molar-refractivity contribution >= 4 is 0 Å². The molecule has 1 aromatic carbocycles. The van der Waals surface area contributed by atoms with Gasteiger partial charge in [0, 0.05) is 11.5 Å². The molecule has 0 aromatic heterocycles. The quantitative estimate of drug-likeness (QED) is 0.715. The molecule has 128 valence electrons. The molecular weight excluding hydrogens is 291 g/mol. The number of hydrogen-bond donors (Lipinski definition) is 0. The fourth-order valence-corrected chi connectivity index (χ4v) is 3.92. The van der Waals surface area contributed by atoms with Crippen LogP contribution in [0.25, 0.3) is 0 Å². The molecular formula is C20H29FO2. The number of ether oxygens (including phenoxy) is 2. The van der Waals surface area contributed by atoms with Gasteiger partial charge in [-0.15, -0.1) is 0 Å². The van der Waals surface area contributed by atoms with E-state index in [1.807, 2.05) is 0 Å². The first-order valence-electron chi connectivity index (χ1n) is 9.23. The molecule has 0 unspecified atom stereocenters. The first kappa shape index (κ1) is 16.9. The lowest BCUT2D eigenvalue weighted by molar-refractivity contribution is -0.206. The minimum atomic E-state index is -0.327. The molecule has 2 fully saturated rings. The van der Waals surface area contributed by atoms with Crippen LogP contribution < -0.4 is 0 Å². The highest BCUT2D eigenvalue weighted by molar-refractivity contribution is 5.17. The molecule has 3 heteroatoms. The van der Waals surface area contributed by atoms with E-state index in [1.54, 1.807) is 12.1 Å². The van der Waals surface area contributed by atoms with Crippen molar-refractivity contribution in [3.05, 3.63) is 35.6 Å². The van der Waals surface area contributed by atoms with Crippen LogP contribution in [-0.4, -0.2) is 13.2 Å². The maximum absolute atomic E-state index is 13.0. The zero-order valence-electron chi connectivity index (χ0n) is 14.2. The molecule has 1 heterocycles. The molecule has 0 N–H and O–H groups in total. The summed E-state index contributed by atoms with van der Waals surface area (Å²) < 4.78 is 24.7. The lowest BCUT2D eigenvalue weighted by atomic mass is 9.78. The number of benzene rings is 1.